The van der Waals surface area contributed by atoms with Gasteiger partial charge in [0.2, 0.25) is 5.91 Å². The maximum absolute atomic E-state index is 10.2. The van der Waals surface area contributed by atoms with Gasteiger partial charge in [0.1, 0.15) is 0 Å². The van der Waals surface area contributed by atoms with Crippen molar-refractivity contribution in [3.63, 3.8) is 0 Å². The van der Waals surface area contributed by atoms with Gasteiger partial charge in [0, 0.05) is 6.54 Å². The minimum Gasteiger partial charge on any atom is -0.356 e. The summed E-state index contributed by atoms with van der Waals surface area (Å²) in [5, 5.41) is 2.55. The third-order valence-corrected chi connectivity index (χ3v) is 0.767. The average molecular weight is 118 g/mol. The SMILES string of the molecule is CCNC(=O)C[S]. The molecule has 1 amide bonds. The van der Waals surface area contributed by atoms with Gasteiger partial charge < -0.3 is 5.32 Å². The highest BCUT2D eigenvalue weighted by Gasteiger charge is 1.89. The van der Waals surface area contributed by atoms with E-state index in [1.807, 2.05) is 6.92 Å². The summed E-state index contributed by atoms with van der Waals surface area (Å²) >= 11 is 4.43. The van der Waals surface area contributed by atoms with E-state index in [0.717, 1.165) is 0 Å². The van der Waals surface area contributed by atoms with Crippen molar-refractivity contribution in [2.24, 2.45) is 0 Å². The number of carbonyl (C=O) groups excluding carboxylic acids is 1. The second-order valence-corrected chi connectivity index (χ2v) is 1.39. The summed E-state index contributed by atoms with van der Waals surface area (Å²) in [5.41, 5.74) is 0. The van der Waals surface area contributed by atoms with Crippen LogP contribution in [0.25, 0.3) is 0 Å². The average Bonchev–Trinajstić information content (AvgIpc) is 1.68. The summed E-state index contributed by atoms with van der Waals surface area (Å²) in [6, 6.07) is 0. The molecule has 0 aromatic heterocycles. The molecule has 0 aliphatic carbocycles. The fourth-order valence-corrected chi connectivity index (χ4v) is 0.350. The molecular weight excluding hydrogens is 110 g/mol. The predicted octanol–water partition coefficient (Wildman–Crippen LogP) is 0.320. The van der Waals surface area contributed by atoms with Gasteiger partial charge in [-0.05, 0) is 6.92 Å². The van der Waals surface area contributed by atoms with Crippen molar-refractivity contribution in [1.82, 2.24) is 5.32 Å². The highest BCUT2D eigenvalue weighted by Crippen LogP contribution is 1.69. The Kier molecular flexibility index (Phi) is 3.89. The second kappa shape index (κ2) is 3.99. The normalized spacial score (nSPS) is 8.29. The summed E-state index contributed by atoms with van der Waals surface area (Å²) < 4.78 is 0. The van der Waals surface area contributed by atoms with E-state index >= 15 is 0 Å². The first-order valence-electron chi connectivity index (χ1n) is 2.16. The standard InChI is InChI=1S/C4H8NOS/c1-2-5-4(6)3-7/h2-3H2,1H3,(H,5,6). The van der Waals surface area contributed by atoms with Gasteiger partial charge in [0.05, 0.1) is 5.75 Å². The molecule has 0 aromatic carbocycles. The van der Waals surface area contributed by atoms with E-state index in [2.05, 4.69) is 17.9 Å². The smallest absolute Gasteiger partial charge is 0.230 e. The summed E-state index contributed by atoms with van der Waals surface area (Å²) in [7, 11) is 0. The van der Waals surface area contributed by atoms with Crippen LogP contribution in [0, 0.1) is 0 Å². The fraction of sp³-hybridized carbons (Fsp3) is 0.750. The molecule has 0 saturated carbocycles. The Bertz CT molecular complexity index is 64.7. The van der Waals surface area contributed by atoms with E-state index in [9.17, 15) is 4.79 Å². The molecule has 0 aliphatic heterocycles. The largest absolute Gasteiger partial charge is 0.356 e. The van der Waals surface area contributed by atoms with Gasteiger partial charge >= 0.3 is 0 Å². The van der Waals surface area contributed by atoms with Crippen molar-refractivity contribution in [1.29, 1.82) is 0 Å². The predicted molar refractivity (Wildman–Crippen MR) is 31.1 cm³/mol. The Morgan fingerprint density at radius 2 is 2.43 bits per heavy atom. The molecule has 0 fully saturated rings. The molecule has 1 N–H and O–H groups in total. The van der Waals surface area contributed by atoms with Gasteiger partial charge in [-0.2, -0.15) is 0 Å². The zero-order valence-corrected chi connectivity index (χ0v) is 5.05. The first-order chi connectivity index (χ1) is 3.31. The molecule has 0 unspecified atom stereocenters. The minimum absolute atomic E-state index is 0.0579. The Hall–Kier alpha value is -0.180. The van der Waals surface area contributed by atoms with Gasteiger partial charge in [0.25, 0.3) is 0 Å². The molecule has 0 atom stereocenters. The Labute approximate surface area is 48.7 Å². The lowest BCUT2D eigenvalue weighted by molar-refractivity contribution is -0.118. The third-order valence-electron chi connectivity index (χ3n) is 0.505. The molecule has 0 aliphatic rings. The van der Waals surface area contributed by atoms with Crippen molar-refractivity contribution in [2.75, 3.05) is 12.3 Å². The Balaban J connectivity index is 3.00. The fourth-order valence-electron chi connectivity index (χ4n) is 0.248. The van der Waals surface area contributed by atoms with Crippen LogP contribution < -0.4 is 5.32 Å². The molecule has 0 spiro atoms. The number of hydrogen-bond acceptors (Lipinski definition) is 1. The zero-order valence-electron chi connectivity index (χ0n) is 4.23. The van der Waals surface area contributed by atoms with Gasteiger partial charge in [-0.1, -0.05) is 12.6 Å². The first kappa shape index (κ1) is 6.82. The maximum Gasteiger partial charge on any atom is 0.230 e. The number of amides is 1. The zero-order chi connectivity index (χ0) is 5.70. The van der Waals surface area contributed by atoms with Crippen LogP contribution in [0.15, 0.2) is 0 Å². The topological polar surface area (TPSA) is 29.1 Å². The van der Waals surface area contributed by atoms with E-state index in [0.29, 0.717) is 6.54 Å². The Morgan fingerprint density at radius 1 is 1.86 bits per heavy atom. The minimum atomic E-state index is -0.0579. The van der Waals surface area contributed by atoms with Crippen LogP contribution in [0.1, 0.15) is 6.92 Å². The summed E-state index contributed by atoms with van der Waals surface area (Å²) in [6.45, 7) is 2.54. The second-order valence-electron chi connectivity index (χ2n) is 1.10. The summed E-state index contributed by atoms with van der Waals surface area (Å²) in [6.07, 6.45) is 0. The van der Waals surface area contributed by atoms with Crippen LogP contribution in [0.5, 0.6) is 0 Å². The van der Waals surface area contributed by atoms with E-state index in [-0.39, 0.29) is 11.7 Å². The molecule has 0 heterocycles. The van der Waals surface area contributed by atoms with Crippen LogP contribution in [0.2, 0.25) is 0 Å². The molecule has 1 radical (unpaired) electrons. The highest BCUT2D eigenvalue weighted by atomic mass is 32.1. The molecular formula is C4H8NOS. The van der Waals surface area contributed by atoms with Crippen LogP contribution in [-0.4, -0.2) is 18.2 Å². The van der Waals surface area contributed by atoms with E-state index in [4.69, 9.17) is 0 Å². The molecule has 7 heavy (non-hydrogen) atoms. The Morgan fingerprint density at radius 3 is 2.57 bits per heavy atom. The molecule has 0 aromatic rings. The van der Waals surface area contributed by atoms with Crippen LogP contribution in [-0.2, 0) is 4.79 Å². The van der Waals surface area contributed by atoms with Crippen molar-refractivity contribution in [2.45, 2.75) is 6.92 Å². The summed E-state index contributed by atoms with van der Waals surface area (Å²) in [4.78, 5) is 10.2. The van der Waals surface area contributed by atoms with Gasteiger partial charge in [-0.3, -0.25) is 4.79 Å². The molecule has 3 heteroatoms. The highest BCUT2D eigenvalue weighted by molar-refractivity contribution is 7.81. The molecule has 0 rings (SSSR count). The van der Waals surface area contributed by atoms with E-state index in [1.165, 1.54) is 0 Å². The number of carbonyl (C=O) groups is 1. The molecule has 0 saturated heterocycles. The number of nitrogens with one attached hydrogen (secondary N) is 1. The lowest BCUT2D eigenvalue weighted by Crippen LogP contribution is -2.23. The van der Waals surface area contributed by atoms with Crippen molar-refractivity contribution in [3.8, 4) is 0 Å². The quantitative estimate of drug-likeness (QED) is 0.556. The van der Waals surface area contributed by atoms with Gasteiger partial charge in [-0.15, -0.1) is 0 Å². The summed E-state index contributed by atoms with van der Waals surface area (Å²) in [5.74, 6) is 0.117. The number of hydrogen-bond donors (Lipinski definition) is 1. The molecule has 0 bridgehead atoms. The lowest BCUT2D eigenvalue weighted by atomic mass is 10.6. The van der Waals surface area contributed by atoms with E-state index in [1.54, 1.807) is 0 Å². The molecule has 2 nitrogen and oxygen atoms in total. The van der Waals surface area contributed by atoms with Crippen molar-refractivity contribution in [3.05, 3.63) is 0 Å². The van der Waals surface area contributed by atoms with E-state index < -0.39 is 0 Å². The molecule has 41 valence electrons. The van der Waals surface area contributed by atoms with Crippen molar-refractivity contribution >= 4 is 18.5 Å². The lowest BCUT2D eigenvalue weighted by Gasteiger charge is -1.92. The monoisotopic (exact) mass is 118 g/mol. The maximum atomic E-state index is 10.2. The van der Waals surface area contributed by atoms with Crippen LogP contribution in [0.4, 0.5) is 0 Å². The number of rotatable bonds is 2. The van der Waals surface area contributed by atoms with Crippen molar-refractivity contribution < 1.29 is 4.79 Å². The van der Waals surface area contributed by atoms with Gasteiger partial charge in [-0.25, -0.2) is 0 Å². The third kappa shape index (κ3) is 3.66. The van der Waals surface area contributed by atoms with Gasteiger partial charge in [0.15, 0.2) is 0 Å². The first-order valence-corrected chi connectivity index (χ1v) is 2.73. The van der Waals surface area contributed by atoms with Crippen LogP contribution in [0.3, 0.4) is 0 Å². The van der Waals surface area contributed by atoms with Crippen LogP contribution >= 0.6 is 12.6 Å².